The number of carbonyl (C=O) groups is 1. The van der Waals surface area contributed by atoms with E-state index in [-0.39, 0.29) is 18.4 Å². The Morgan fingerprint density at radius 1 is 1.26 bits per heavy atom. The van der Waals surface area contributed by atoms with Crippen LogP contribution in [0.3, 0.4) is 0 Å². The van der Waals surface area contributed by atoms with Gasteiger partial charge in [-0.2, -0.15) is 5.10 Å². The van der Waals surface area contributed by atoms with Crippen molar-refractivity contribution in [3.63, 3.8) is 0 Å². The van der Waals surface area contributed by atoms with Gasteiger partial charge < -0.3 is 14.5 Å². The Labute approximate surface area is 185 Å². The minimum Gasteiger partial charge on any atom is -0.494 e. The van der Waals surface area contributed by atoms with Gasteiger partial charge in [0.1, 0.15) is 17.1 Å². The van der Waals surface area contributed by atoms with Gasteiger partial charge in [-0.3, -0.25) is 14.5 Å². The first-order chi connectivity index (χ1) is 15.0. The van der Waals surface area contributed by atoms with Gasteiger partial charge in [-0.15, -0.1) is 0 Å². The van der Waals surface area contributed by atoms with E-state index in [4.69, 9.17) is 21.4 Å². The Hall–Kier alpha value is -3.39. The second-order valence-electron chi connectivity index (χ2n) is 7.19. The summed E-state index contributed by atoms with van der Waals surface area (Å²) in [7, 11) is 0. The molecule has 2 heterocycles. The van der Waals surface area contributed by atoms with E-state index in [2.05, 4.69) is 15.5 Å². The molecule has 1 amide bonds. The first-order valence-electron chi connectivity index (χ1n) is 10.2. The van der Waals surface area contributed by atoms with Gasteiger partial charge in [0.05, 0.1) is 12.6 Å². The number of ether oxygens (including phenoxy) is 1. The first-order valence-corrected chi connectivity index (χ1v) is 10.6. The Bertz CT molecular complexity index is 1210. The van der Waals surface area contributed by atoms with Crippen LogP contribution < -0.4 is 10.1 Å². The normalized spacial score (nSPS) is 12.1. The fraction of sp³-hybridized carbons (Fsp3) is 0.261. The number of hydrogen-bond donors (Lipinski definition) is 2. The van der Waals surface area contributed by atoms with Gasteiger partial charge in [-0.05, 0) is 62.5 Å². The highest BCUT2D eigenvalue weighted by molar-refractivity contribution is 7.71. The van der Waals surface area contributed by atoms with Crippen LogP contribution in [-0.4, -0.2) is 27.3 Å². The SMILES string of the molecule is CCOc1ccc(-c2n[nH]c(=S)n2CCC(=O)NC(C)c2cc3ccccc3o2)cc1. The molecule has 4 aromatic rings. The van der Waals surface area contributed by atoms with Crippen molar-refractivity contribution in [1.82, 2.24) is 20.1 Å². The summed E-state index contributed by atoms with van der Waals surface area (Å²) in [4.78, 5) is 12.6. The highest BCUT2D eigenvalue weighted by atomic mass is 32.1. The molecule has 0 saturated carbocycles. The van der Waals surface area contributed by atoms with Gasteiger partial charge in [-0.1, -0.05) is 18.2 Å². The van der Waals surface area contributed by atoms with E-state index in [9.17, 15) is 4.79 Å². The maximum atomic E-state index is 12.6. The number of rotatable bonds is 8. The summed E-state index contributed by atoms with van der Waals surface area (Å²) in [6.07, 6.45) is 0.266. The van der Waals surface area contributed by atoms with Gasteiger partial charge in [-0.25, -0.2) is 0 Å². The Morgan fingerprint density at radius 3 is 2.77 bits per heavy atom. The van der Waals surface area contributed by atoms with Crippen LogP contribution in [0.1, 0.15) is 32.1 Å². The third-order valence-corrected chi connectivity index (χ3v) is 5.30. The van der Waals surface area contributed by atoms with Crippen molar-refractivity contribution in [2.75, 3.05) is 6.61 Å². The molecule has 0 aliphatic rings. The summed E-state index contributed by atoms with van der Waals surface area (Å²) in [6.45, 7) is 4.87. The smallest absolute Gasteiger partial charge is 0.222 e. The van der Waals surface area contributed by atoms with Crippen LogP contribution in [0.15, 0.2) is 59.0 Å². The lowest BCUT2D eigenvalue weighted by molar-refractivity contribution is -0.122. The summed E-state index contributed by atoms with van der Waals surface area (Å²) in [5.41, 5.74) is 1.70. The van der Waals surface area contributed by atoms with Crippen molar-refractivity contribution >= 4 is 29.1 Å². The zero-order valence-corrected chi connectivity index (χ0v) is 18.2. The van der Waals surface area contributed by atoms with Crippen molar-refractivity contribution in [2.24, 2.45) is 0 Å². The fourth-order valence-electron chi connectivity index (χ4n) is 3.43. The van der Waals surface area contributed by atoms with Crippen molar-refractivity contribution in [1.29, 1.82) is 0 Å². The number of benzene rings is 2. The van der Waals surface area contributed by atoms with Crippen LogP contribution in [0.4, 0.5) is 0 Å². The molecule has 7 nitrogen and oxygen atoms in total. The summed E-state index contributed by atoms with van der Waals surface area (Å²) in [6, 6.07) is 17.1. The van der Waals surface area contributed by atoms with Crippen molar-refractivity contribution in [3.8, 4) is 17.1 Å². The molecule has 0 radical (unpaired) electrons. The molecule has 0 fully saturated rings. The summed E-state index contributed by atoms with van der Waals surface area (Å²) in [5, 5.41) is 11.2. The third-order valence-electron chi connectivity index (χ3n) is 4.99. The van der Waals surface area contributed by atoms with Crippen LogP contribution in [-0.2, 0) is 11.3 Å². The molecule has 2 aromatic carbocycles. The van der Waals surface area contributed by atoms with Gasteiger partial charge in [0.2, 0.25) is 5.91 Å². The molecule has 1 atom stereocenters. The average molecular weight is 437 g/mol. The zero-order valence-electron chi connectivity index (χ0n) is 17.4. The molecule has 4 rings (SSSR count). The molecule has 8 heteroatoms. The monoisotopic (exact) mass is 436 g/mol. The summed E-state index contributed by atoms with van der Waals surface area (Å²) in [5.74, 6) is 2.12. The van der Waals surface area contributed by atoms with Gasteiger partial charge in [0, 0.05) is 23.9 Å². The third kappa shape index (κ3) is 4.69. The lowest BCUT2D eigenvalue weighted by Gasteiger charge is -2.12. The lowest BCUT2D eigenvalue weighted by atomic mass is 10.2. The van der Waals surface area contributed by atoms with E-state index < -0.39 is 0 Å². The van der Waals surface area contributed by atoms with Crippen molar-refractivity contribution in [2.45, 2.75) is 32.9 Å². The van der Waals surface area contributed by atoms with Gasteiger partial charge in [0.25, 0.3) is 0 Å². The van der Waals surface area contributed by atoms with Crippen LogP contribution >= 0.6 is 12.2 Å². The Balaban J connectivity index is 1.41. The van der Waals surface area contributed by atoms with Crippen LogP contribution in [0.5, 0.6) is 5.75 Å². The summed E-state index contributed by atoms with van der Waals surface area (Å²) < 4.78 is 13.6. The molecular weight excluding hydrogens is 412 g/mol. The first kappa shape index (κ1) is 20.9. The molecule has 2 aromatic heterocycles. The van der Waals surface area contributed by atoms with E-state index in [0.29, 0.717) is 23.7 Å². The van der Waals surface area contributed by atoms with Gasteiger partial charge >= 0.3 is 0 Å². The molecule has 0 aliphatic carbocycles. The van der Waals surface area contributed by atoms with E-state index in [1.807, 2.05) is 73.0 Å². The van der Waals surface area contributed by atoms with Crippen molar-refractivity contribution in [3.05, 3.63) is 65.1 Å². The molecular formula is C23H24N4O3S. The maximum Gasteiger partial charge on any atom is 0.222 e. The topological polar surface area (TPSA) is 85.1 Å². The number of fused-ring (bicyclic) bond motifs is 1. The number of para-hydroxylation sites is 1. The molecule has 0 saturated heterocycles. The predicted octanol–water partition coefficient (Wildman–Crippen LogP) is 5.02. The molecule has 160 valence electrons. The van der Waals surface area contributed by atoms with Crippen LogP contribution in [0.25, 0.3) is 22.4 Å². The second-order valence-corrected chi connectivity index (χ2v) is 7.57. The molecule has 0 aliphatic heterocycles. The number of amides is 1. The lowest BCUT2D eigenvalue weighted by Crippen LogP contribution is -2.27. The summed E-state index contributed by atoms with van der Waals surface area (Å²) >= 11 is 5.37. The average Bonchev–Trinajstić information content (AvgIpc) is 3.36. The second kappa shape index (κ2) is 9.18. The number of hydrogen-bond acceptors (Lipinski definition) is 5. The predicted molar refractivity (Wildman–Crippen MR) is 121 cm³/mol. The molecule has 2 N–H and O–H groups in total. The largest absolute Gasteiger partial charge is 0.494 e. The van der Waals surface area contributed by atoms with Gasteiger partial charge in [0.15, 0.2) is 10.6 Å². The fourth-order valence-corrected chi connectivity index (χ4v) is 3.65. The molecule has 31 heavy (non-hydrogen) atoms. The minimum atomic E-state index is -0.234. The van der Waals surface area contributed by atoms with E-state index in [1.165, 1.54) is 0 Å². The molecule has 0 spiro atoms. The highest BCUT2D eigenvalue weighted by Crippen LogP contribution is 2.24. The number of nitrogens with zero attached hydrogens (tertiary/aromatic N) is 2. The number of carbonyl (C=O) groups excluding carboxylic acids is 1. The molecule has 0 bridgehead atoms. The van der Waals surface area contributed by atoms with E-state index in [1.54, 1.807) is 0 Å². The van der Waals surface area contributed by atoms with Crippen molar-refractivity contribution < 1.29 is 13.9 Å². The Kier molecular flexibility index (Phi) is 6.18. The Morgan fingerprint density at radius 2 is 2.03 bits per heavy atom. The van der Waals surface area contributed by atoms with E-state index >= 15 is 0 Å². The zero-order chi connectivity index (χ0) is 21.8. The minimum absolute atomic E-state index is 0.0892. The number of aromatic nitrogens is 3. The standard InChI is InChI=1S/C23H24N4O3S/c1-3-29-18-10-8-16(9-11-18)22-25-26-23(31)27(22)13-12-21(28)24-15(2)20-14-17-6-4-5-7-19(17)30-20/h4-11,14-15H,3,12-13H2,1-2H3,(H,24,28)(H,26,31). The quantitative estimate of drug-likeness (QED) is 0.379. The number of nitrogens with one attached hydrogen (secondary N) is 2. The number of H-pyrrole nitrogens is 1. The maximum absolute atomic E-state index is 12.6. The van der Waals surface area contributed by atoms with E-state index in [0.717, 1.165) is 28.0 Å². The number of furan rings is 1. The molecule has 1 unspecified atom stereocenters. The highest BCUT2D eigenvalue weighted by Gasteiger charge is 2.16. The van der Waals surface area contributed by atoms with Crippen LogP contribution in [0.2, 0.25) is 0 Å². The number of aromatic amines is 1. The van der Waals surface area contributed by atoms with Crippen LogP contribution in [0, 0.1) is 4.77 Å².